The Labute approximate surface area is 181 Å². The molecule has 1 N–H and O–H groups in total. The predicted molar refractivity (Wildman–Crippen MR) is 124 cm³/mol. The van der Waals surface area contributed by atoms with Gasteiger partial charge in [0.05, 0.1) is 22.7 Å². The number of thiophene rings is 1. The highest BCUT2D eigenvalue weighted by atomic mass is 35.5. The maximum atomic E-state index is 11.0. The van der Waals surface area contributed by atoms with Gasteiger partial charge in [0.25, 0.3) is 0 Å². The number of hydrogen-bond acceptors (Lipinski definition) is 5. The molecule has 0 bridgehead atoms. The van der Waals surface area contributed by atoms with E-state index in [0.29, 0.717) is 15.6 Å². The van der Waals surface area contributed by atoms with E-state index in [1.165, 1.54) is 16.9 Å². The second kappa shape index (κ2) is 11.0. The quantitative estimate of drug-likeness (QED) is 0.437. The van der Waals surface area contributed by atoms with Crippen LogP contribution in [0.2, 0.25) is 5.02 Å². The number of allylic oxidation sites excluding steroid dienone is 1. The van der Waals surface area contributed by atoms with E-state index in [1.54, 1.807) is 21.3 Å². The highest BCUT2D eigenvalue weighted by molar-refractivity contribution is 7.12. The number of anilines is 1. The first-order chi connectivity index (χ1) is 13.9. The molecule has 6 heteroatoms. The number of nitrogens with one attached hydrogen (secondary N) is 1. The van der Waals surface area contributed by atoms with Gasteiger partial charge in [-0.3, -0.25) is 4.79 Å². The van der Waals surface area contributed by atoms with E-state index >= 15 is 0 Å². The van der Waals surface area contributed by atoms with Gasteiger partial charge in [-0.05, 0) is 40.8 Å². The van der Waals surface area contributed by atoms with Gasteiger partial charge in [-0.2, -0.15) is 0 Å². The fourth-order valence-corrected chi connectivity index (χ4v) is 3.86. The third-order valence-electron chi connectivity index (χ3n) is 4.44. The lowest BCUT2D eigenvalue weighted by molar-refractivity contribution is 0.112. The summed E-state index contributed by atoms with van der Waals surface area (Å²) in [5.74, 6) is 0.889. The van der Waals surface area contributed by atoms with Crippen LogP contribution in [0.5, 0.6) is 5.75 Å². The van der Waals surface area contributed by atoms with Crippen molar-refractivity contribution < 1.29 is 14.3 Å². The molecule has 0 radical (unpaired) electrons. The summed E-state index contributed by atoms with van der Waals surface area (Å²) in [7, 11) is 4.87. The van der Waals surface area contributed by atoms with Crippen LogP contribution in [-0.4, -0.2) is 27.6 Å². The van der Waals surface area contributed by atoms with Crippen LogP contribution in [0, 0.1) is 5.92 Å². The molecular weight excluding hydrogens is 406 g/mol. The lowest BCUT2D eigenvalue weighted by Gasteiger charge is -2.17. The van der Waals surface area contributed by atoms with E-state index in [0.717, 1.165) is 34.9 Å². The molecule has 0 aliphatic heterocycles. The highest BCUT2D eigenvalue weighted by Crippen LogP contribution is 2.33. The summed E-state index contributed by atoms with van der Waals surface area (Å²) in [5, 5.41) is 7.86. The van der Waals surface area contributed by atoms with Crippen LogP contribution in [0.4, 0.5) is 5.69 Å². The van der Waals surface area contributed by atoms with Gasteiger partial charge in [0.15, 0.2) is 6.29 Å². The minimum absolute atomic E-state index is 0.209. The first-order valence-corrected chi connectivity index (χ1v) is 10.3. The van der Waals surface area contributed by atoms with Gasteiger partial charge in [0.1, 0.15) is 5.75 Å². The molecule has 0 aliphatic carbocycles. The van der Waals surface area contributed by atoms with Crippen molar-refractivity contribution in [2.24, 2.45) is 5.92 Å². The third-order valence-corrected chi connectivity index (χ3v) is 5.67. The highest BCUT2D eigenvalue weighted by Gasteiger charge is 2.12. The first kappa shape index (κ1) is 22.9. The largest absolute Gasteiger partial charge is 0.495 e. The van der Waals surface area contributed by atoms with Crippen LogP contribution in [-0.2, 0) is 11.2 Å². The summed E-state index contributed by atoms with van der Waals surface area (Å²) in [5.41, 5.74) is 2.91. The van der Waals surface area contributed by atoms with Crippen LogP contribution in [0.3, 0.4) is 0 Å². The molecule has 0 aliphatic rings. The molecule has 1 aromatic heterocycles. The standard InChI is InChI=1S/C21H20ClNO2S.C2H6O/c1-13(14(2)23-18-8-9-26-20(18)12-24)10-15-4-6-17-16(11-15)5-7-19(25-3)21(17)22;1-3-2/h4-9,11-13,23H,2,10H2,1,3H3;1-2H3. The van der Waals surface area contributed by atoms with E-state index in [2.05, 4.69) is 35.7 Å². The third kappa shape index (κ3) is 5.82. The van der Waals surface area contributed by atoms with Crippen molar-refractivity contribution in [2.75, 3.05) is 26.6 Å². The Bertz CT molecular complexity index is 983. The van der Waals surface area contributed by atoms with E-state index in [9.17, 15) is 4.79 Å². The molecule has 2 aromatic carbocycles. The van der Waals surface area contributed by atoms with Gasteiger partial charge in [-0.1, -0.05) is 49.4 Å². The molecule has 1 heterocycles. The Morgan fingerprint density at radius 3 is 2.62 bits per heavy atom. The molecule has 1 unspecified atom stereocenters. The Balaban J connectivity index is 0.000000941. The molecule has 0 fully saturated rings. The molecule has 0 saturated carbocycles. The van der Waals surface area contributed by atoms with Crippen LogP contribution in [0.25, 0.3) is 10.8 Å². The monoisotopic (exact) mass is 431 g/mol. The lowest BCUT2D eigenvalue weighted by Crippen LogP contribution is -2.10. The Kier molecular flexibility index (Phi) is 8.70. The van der Waals surface area contributed by atoms with Crippen LogP contribution in [0.15, 0.2) is 54.1 Å². The minimum Gasteiger partial charge on any atom is -0.495 e. The molecular formula is C23H26ClNO3S. The molecule has 0 saturated heterocycles. The topological polar surface area (TPSA) is 47.6 Å². The van der Waals surface area contributed by atoms with Gasteiger partial charge < -0.3 is 14.8 Å². The lowest BCUT2D eigenvalue weighted by atomic mass is 9.96. The van der Waals surface area contributed by atoms with Crippen molar-refractivity contribution in [2.45, 2.75) is 13.3 Å². The number of ether oxygens (including phenoxy) is 2. The van der Waals surface area contributed by atoms with Crippen molar-refractivity contribution in [3.8, 4) is 5.75 Å². The number of halogens is 1. The number of carbonyl (C=O) groups excluding carboxylic acids is 1. The summed E-state index contributed by atoms with van der Waals surface area (Å²) < 4.78 is 9.52. The number of hydrogen-bond donors (Lipinski definition) is 1. The van der Waals surface area contributed by atoms with Crippen LogP contribution in [0.1, 0.15) is 22.2 Å². The second-order valence-electron chi connectivity index (χ2n) is 6.62. The fraction of sp³-hybridized carbons (Fsp3) is 0.261. The molecule has 0 spiro atoms. The molecule has 4 nitrogen and oxygen atoms in total. The van der Waals surface area contributed by atoms with Crippen molar-refractivity contribution in [1.29, 1.82) is 0 Å². The maximum Gasteiger partial charge on any atom is 0.162 e. The minimum atomic E-state index is 0.209. The van der Waals surface area contributed by atoms with E-state index in [1.807, 2.05) is 29.6 Å². The average Bonchev–Trinajstić information content (AvgIpc) is 3.16. The fourth-order valence-electron chi connectivity index (χ4n) is 2.89. The zero-order valence-corrected chi connectivity index (χ0v) is 18.7. The van der Waals surface area contributed by atoms with Gasteiger partial charge in [-0.15, -0.1) is 11.3 Å². The Hall–Kier alpha value is -2.34. The summed E-state index contributed by atoms with van der Waals surface area (Å²) in [4.78, 5) is 11.7. The summed E-state index contributed by atoms with van der Waals surface area (Å²) in [6, 6.07) is 12.1. The van der Waals surface area contributed by atoms with Crippen molar-refractivity contribution in [3.63, 3.8) is 0 Å². The van der Waals surface area contributed by atoms with Crippen molar-refractivity contribution in [3.05, 3.63) is 69.5 Å². The molecule has 3 aromatic rings. The normalized spacial score (nSPS) is 11.3. The van der Waals surface area contributed by atoms with Crippen molar-refractivity contribution in [1.82, 2.24) is 0 Å². The summed E-state index contributed by atoms with van der Waals surface area (Å²) >= 11 is 7.80. The van der Waals surface area contributed by atoms with E-state index in [4.69, 9.17) is 16.3 Å². The zero-order chi connectivity index (χ0) is 21.4. The number of carbonyl (C=O) groups is 1. The Morgan fingerprint density at radius 2 is 1.97 bits per heavy atom. The Morgan fingerprint density at radius 1 is 1.24 bits per heavy atom. The first-order valence-electron chi connectivity index (χ1n) is 9.08. The molecule has 154 valence electrons. The second-order valence-corrected chi connectivity index (χ2v) is 7.94. The number of benzene rings is 2. The van der Waals surface area contributed by atoms with Gasteiger partial charge in [0, 0.05) is 25.3 Å². The van der Waals surface area contributed by atoms with E-state index in [-0.39, 0.29) is 5.92 Å². The zero-order valence-electron chi connectivity index (χ0n) is 17.1. The van der Waals surface area contributed by atoms with Gasteiger partial charge in [0.2, 0.25) is 0 Å². The molecule has 29 heavy (non-hydrogen) atoms. The predicted octanol–water partition coefficient (Wildman–Crippen LogP) is 6.44. The smallest absolute Gasteiger partial charge is 0.162 e. The molecule has 1 atom stereocenters. The summed E-state index contributed by atoms with van der Waals surface area (Å²) in [6.45, 7) is 6.26. The number of rotatable bonds is 7. The number of fused-ring (bicyclic) bond motifs is 1. The van der Waals surface area contributed by atoms with E-state index < -0.39 is 0 Å². The number of methoxy groups -OCH3 is 2. The van der Waals surface area contributed by atoms with Crippen molar-refractivity contribution >= 4 is 45.7 Å². The number of aldehydes is 1. The van der Waals surface area contributed by atoms with Crippen LogP contribution >= 0.6 is 22.9 Å². The summed E-state index contributed by atoms with van der Waals surface area (Å²) in [6.07, 6.45) is 1.71. The SMILES string of the molecule is C=C(Nc1ccsc1C=O)C(C)Cc1ccc2c(Cl)c(OC)ccc2c1.COC. The maximum absolute atomic E-state index is 11.0. The van der Waals surface area contributed by atoms with Crippen LogP contribution < -0.4 is 10.1 Å². The van der Waals surface area contributed by atoms with Gasteiger partial charge in [-0.25, -0.2) is 0 Å². The van der Waals surface area contributed by atoms with Gasteiger partial charge >= 0.3 is 0 Å². The molecule has 0 amide bonds. The molecule has 3 rings (SSSR count). The average molecular weight is 432 g/mol.